The standard InChI is InChI=1S/C26H22F4N2O3S/c1-25(2,35-24(31)34)13-21-32-22-19(15-4-3-5-17(10-15)26(28,29)30)11-16(12-20(22)36-21)23(33)14-6-8-18(27)9-7-14/h3-12,23,33H,13H2,1-2H3,(H2,31,34). The second kappa shape index (κ2) is 9.51. The fraction of sp³-hybridized carbons (Fsp3) is 0.231. The van der Waals surface area contributed by atoms with Gasteiger partial charge in [-0.3, -0.25) is 0 Å². The van der Waals surface area contributed by atoms with Gasteiger partial charge in [0.2, 0.25) is 0 Å². The first-order valence-corrected chi connectivity index (χ1v) is 11.7. The molecule has 1 amide bonds. The van der Waals surface area contributed by atoms with Crippen LogP contribution in [0.25, 0.3) is 21.3 Å². The maximum atomic E-state index is 13.4. The van der Waals surface area contributed by atoms with Gasteiger partial charge in [-0.15, -0.1) is 11.3 Å². The summed E-state index contributed by atoms with van der Waals surface area (Å²) >= 11 is 1.26. The predicted molar refractivity (Wildman–Crippen MR) is 129 cm³/mol. The summed E-state index contributed by atoms with van der Waals surface area (Å²) in [6, 6.07) is 13.5. The number of hydrogen-bond donors (Lipinski definition) is 2. The van der Waals surface area contributed by atoms with Crippen molar-refractivity contribution in [1.82, 2.24) is 4.98 Å². The van der Waals surface area contributed by atoms with Crippen LogP contribution in [0.2, 0.25) is 0 Å². The molecule has 4 aromatic rings. The molecule has 0 bridgehead atoms. The summed E-state index contributed by atoms with van der Waals surface area (Å²) < 4.78 is 59.4. The molecule has 0 radical (unpaired) electrons. The van der Waals surface area contributed by atoms with E-state index in [0.717, 1.165) is 12.1 Å². The number of nitrogens with zero attached hydrogens (tertiary/aromatic N) is 1. The molecule has 0 saturated heterocycles. The van der Waals surface area contributed by atoms with Crippen LogP contribution in [0.15, 0.2) is 60.7 Å². The maximum Gasteiger partial charge on any atom is 0.416 e. The van der Waals surface area contributed by atoms with Gasteiger partial charge in [0.05, 0.1) is 20.8 Å². The summed E-state index contributed by atoms with van der Waals surface area (Å²) in [6.07, 6.45) is -6.41. The fourth-order valence-corrected chi connectivity index (χ4v) is 5.18. The minimum Gasteiger partial charge on any atom is -0.443 e. The Morgan fingerprint density at radius 2 is 1.78 bits per heavy atom. The first kappa shape index (κ1) is 25.6. The van der Waals surface area contributed by atoms with E-state index in [9.17, 15) is 27.5 Å². The Kier molecular flexibility index (Phi) is 6.76. The third-order valence-corrected chi connectivity index (χ3v) is 6.52. The largest absolute Gasteiger partial charge is 0.443 e. The monoisotopic (exact) mass is 518 g/mol. The molecule has 188 valence electrons. The Labute approximate surface area is 208 Å². The molecular weight excluding hydrogens is 496 g/mol. The Hall–Kier alpha value is -3.50. The number of primary amides is 1. The quantitative estimate of drug-likeness (QED) is 0.281. The number of carbonyl (C=O) groups is 1. The van der Waals surface area contributed by atoms with E-state index in [2.05, 4.69) is 4.98 Å². The molecule has 0 aliphatic rings. The van der Waals surface area contributed by atoms with Crippen LogP contribution in [0, 0.1) is 5.82 Å². The summed E-state index contributed by atoms with van der Waals surface area (Å²) in [6.45, 7) is 3.34. The number of alkyl halides is 3. The van der Waals surface area contributed by atoms with Crippen LogP contribution in [0.4, 0.5) is 22.4 Å². The van der Waals surface area contributed by atoms with Crippen molar-refractivity contribution in [1.29, 1.82) is 0 Å². The van der Waals surface area contributed by atoms with Crippen molar-refractivity contribution in [2.45, 2.75) is 38.1 Å². The van der Waals surface area contributed by atoms with Crippen LogP contribution in [0.1, 0.15) is 41.6 Å². The molecule has 1 heterocycles. The van der Waals surface area contributed by atoms with Gasteiger partial charge < -0.3 is 15.6 Å². The summed E-state index contributed by atoms with van der Waals surface area (Å²) in [5.41, 5.74) is 5.31. The topological polar surface area (TPSA) is 85.4 Å². The summed E-state index contributed by atoms with van der Waals surface area (Å²) in [5.74, 6) is -0.459. The molecule has 0 aliphatic carbocycles. The van der Waals surface area contributed by atoms with Crippen LogP contribution >= 0.6 is 11.3 Å². The van der Waals surface area contributed by atoms with Crippen LogP contribution in [-0.4, -0.2) is 21.8 Å². The molecule has 5 nitrogen and oxygen atoms in total. The molecule has 0 saturated carbocycles. The number of hydrogen-bond acceptors (Lipinski definition) is 5. The molecule has 1 aromatic heterocycles. The van der Waals surface area contributed by atoms with Crippen LogP contribution in [-0.2, 0) is 17.3 Å². The third kappa shape index (κ3) is 5.66. The number of benzene rings is 3. The zero-order valence-electron chi connectivity index (χ0n) is 19.3. The van der Waals surface area contributed by atoms with Gasteiger partial charge >= 0.3 is 12.3 Å². The molecule has 1 unspecified atom stereocenters. The van der Waals surface area contributed by atoms with Crippen molar-refractivity contribution in [3.63, 3.8) is 0 Å². The van der Waals surface area contributed by atoms with Crippen molar-refractivity contribution in [2.24, 2.45) is 5.73 Å². The summed E-state index contributed by atoms with van der Waals surface area (Å²) in [7, 11) is 0. The molecule has 4 rings (SSSR count). The Morgan fingerprint density at radius 1 is 1.08 bits per heavy atom. The van der Waals surface area contributed by atoms with E-state index in [4.69, 9.17) is 10.5 Å². The van der Waals surface area contributed by atoms with E-state index in [-0.39, 0.29) is 12.0 Å². The number of amides is 1. The van der Waals surface area contributed by atoms with Crippen molar-refractivity contribution in [3.8, 4) is 11.1 Å². The van der Waals surface area contributed by atoms with Crippen molar-refractivity contribution in [3.05, 3.63) is 88.2 Å². The average Bonchev–Trinajstić information content (AvgIpc) is 3.18. The van der Waals surface area contributed by atoms with Crippen LogP contribution in [0.5, 0.6) is 0 Å². The molecule has 0 aliphatic heterocycles. The lowest BCUT2D eigenvalue weighted by atomic mass is 9.95. The molecule has 10 heteroatoms. The van der Waals surface area contributed by atoms with Crippen molar-refractivity contribution >= 4 is 27.6 Å². The number of rotatable bonds is 6. The average molecular weight is 519 g/mol. The second-order valence-electron chi connectivity index (χ2n) is 8.91. The van der Waals surface area contributed by atoms with Gasteiger partial charge in [-0.1, -0.05) is 24.3 Å². The van der Waals surface area contributed by atoms with Crippen LogP contribution in [0.3, 0.4) is 0 Å². The molecule has 1 atom stereocenters. The van der Waals surface area contributed by atoms with Gasteiger partial charge in [-0.05, 0) is 66.9 Å². The van der Waals surface area contributed by atoms with E-state index in [1.54, 1.807) is 26.0 Å². The van der Waals surface area contributed by atoms with E-state index in [0.29, 0.717) is 31.9 Å². The van der Waals surface area contributed by atoms with E-state index >= 15 is 0 Å². The number of nitrogens with two attached hydrogens (primary N) is 1. The SMILES string of the molecule is CC(C)(Cc1nc2c(-c3cccc(C(F)(F)F)c3)cc(C(O)c3ccc(F)cc3)cc2s1)OC(N)=O. The molecule has 36 heavy (non-hydrogen) atoms. The van der Waals surface area contributed by atoms with Crippen LogP contribution < -0.4 is 5.73 Å². The number of aliphatic hydroxyl groups excluding tert-OH is 1. The van der Waals surface area contributed by atoms with Gasteiger partial charge in [0.25, 0.3) is 0 Å². The molecular formula is C26H22F4N2O3S. The highest BCUT2D eigenvalue weighted by Gasteiger charge is 2.31. The predicted octanol–water partition coefficient (Wildman–Crippen LogP) is 6.62. The number of carbonyl (C=O) groups excluding carboxylic acids is 1. The summed E-state index contributed by atoms with van der Waals surface area (Å²) in [5, 5.41) is 11.6. The number of fused-ring (bicyclic) bond motifs is 1. The van der Waals surface area contributed by atoms with E-state index in [1.807, 2.05) is 0 Å². The zero-order chi connectivity index (χ0) is 26.3. The zero-order valence-corrected chi connectivity index (χ0v) is 20.1. The Morgan fingerprint density at radius 3 is 2.42 bits per heavy atom. The minimum atomic E-state index is -4.54. The van der Waals surface area contributed by atoms with Gasteiger partial charge in [0.15, 0.2) is 0 Å². The van der Waals surface area contributed by atoms with Crippen molar-refractivity contribution in [2.75, 3.05) is 0 Å². The number of ether oxygens (including phenoxy) is 1. The third-order valence-electron chi connectivity index (χ3n) is 5.52. The number of halogens is 4. The molecule has 3 N–H and O–H groups in total. The lowest BCUT2D eigenvalue weighted by Gasteiger charge is -2.22. The lowest BCUT2D eigenvalue weighted by molar-refractivity contribution is -0.137. The minimum absolute atomic E-state index is 0.215. The maximum absolute atomic E-state index is 13.4. The highest BCUT2D eigenvalue weighted by Crippen LogP contribution is 2.39. The molecule has 0 fully saturated rings. The lowest BCUT2D eigenvalue weighted by Crippen LogP contribution is -2.33. The number of aliphatic hydroxyl groups is 1. The van der Waals surface area contributed by atoms with E-state index < -0.39 is 35.4 Å². The number of thiazole rings is 1. The van der Waals surface area contributed by atoms with Gasteiger partial charge in [-0.2, -0.15) is 13.2 Å². The van der Waals surface area contributed by atoms with E-state index in [1.165, 1.54) is 47.7 Å². The highest BCUT2D eigenvalue weighted by atomic mass is 32.1. The highest BCUT2D eigenvalue weighted by molar-refractivity contribution is 7.18. The molecule has 3 aromatic carbocycles. The summed E-state index contributed by atoms with van der Waals surface area (Å²) in [4.78, 5) is 15.9. The normalized spacial score (nSPS) is 13.1. The second-order valence-corrected chi connectivity index (χ2v) is 10.0. The molecule has 0 spiro atoms. The Bertz CT molecular complexity index is 1420. The Balaban J connectivity index is 1.86. The fourth-order valence-electron chi connectivity index (χ4n) is 3.92. The number of aromatic nitrogens is 1. The smallest absolute Gasteiger partial charge is 0.416 e. The van der Waals surface area contributed by atoms with Gasteiger partial charge in [-0.25, -0.2) is 14.2 Å². The van der Waals surface area contributed by atoms with Gasteiger partial charge in [0, 0.05) is 12.0 Å². The first-order chi connectivity index (χ1) is 16.8. The van der Waals surface area contributed by atoms with Crippen molar-refractivity contribution < 1.29 is 32.2 Å². The van der Waals surface area contributed by atoms with Gasteiger partial charge in [0.1, 0.15) is 17.5 Å². The first-order valence-electron chi connectivity index (χ1n) is 10.9.